The highest BCUT2D eigenvalue weighted by atomic mass is 32.1. The van der Waals surface area contributed by atoms with E-state index in [1.165, 1.54) is 7.11 Å². The number of imidazole rings is 2. The molecule has 0 radical (unpaired) electrons. The number of amides is 4. The second-order valence-corrected chi connectivity index (χ2v) is 14.4. The number of hydrogen-bond acceptors (Lipinski definition) is 10. The fourth-order valence-corrected chi connectivity index (χ4v) is 7.37. The molecule has 6 rings (SSSR count). The summed E-state index contributed by atoms with van der Waals surface area (Å²) in [6.07, 6.45) is 6.99. The van der Waals surface area contributed by atoms with Gasteiger partial charge < -0.3 is 35.1 Å². The number of aromatic amines is 2. The zero-order valence-electron chi connectivity index (χ0n) is 31.7. The van der Waals surface area contributed by atoms with Gasteiger partial charge in [0, 0.05) is 53.9 Å². The molecule has 3 aromatic heterocycles. The molecule has 4 heterocycles. The standard InChI is InChI=1S/C39H46N10O5S/c1-6-14-48(33(50)18-43-38(52)23(3)4)21-32-42-17-30(47-32)28-11-10-27(37-36(28)45-22-55-37)25-9-8-24(26-12-13-40-35(25)26)29-16-41-31(46-29)20-49(15-7-2)34(51)19-44-39(53)54-5/h8-11,13,16-17,22-23H,6-7,12,14-15,18-21H2,1-5H3,(H,41,46)(H,42,47)(H,43,52)(H,44,53). The lowest BCUT2D eigenvalue weighted by atomic mass is 9.94. The van der Waals surface area contributed by atoms with Crippen LogP contribution in [0, 0.1) is 5.92 Å². The van der Waals surface area contributed by atoms with Gasteiger partial charge in [0.2, 0.25) is 17.7 Å². The van der Waals surface area contributed by atoms with Crippen molar-refractivity contribution in [3.63, 3.8) is 0 Å². The van der Waals surface area contributed by atoms with Gasteiger partial charge in [-0.3, -0.25) is 19.4 Å². The minimum atomic E-state index is -0.657. The Morgan fingerprint density at radius 2 is 1.40 bits per heavy atom. The number of carbonyl (C=O) groups excluding carboxylic acids is 4. The van der Waals surface area contributed by atoms with E-state index in [1.807, 2.05) is 31.6 Å². The second kappa shape index (κ2) is 17.5. The van der Waals surface area contributed by atoms with Crippen molar-refractivity contribution in [1.82, 2.24) is 45.4 Å². The van der Waals surface area contributed by atoms with Crippen LogP contribution in [0.5, 0.6) is 0 Å². The Morgan fingerprint density at radius 3 is 2.02 bits per heavy atom. The molecule has 0 fully saturated rings. The number of fused-ring (bicyclic) bond motifs is 2. The molecule has 4 amide bonds. The quantitative estimate of drug-likeness (QED) is 0.0997. The second-order valence-electron chi connectivity index (χ2n) is 13.5. The van der Waals surface area contributed by atoms with E-state index >= 15 is 0 Å². The van der Waals surface area contributed by atoms with Crippen LogP contribution in [0.3, 0.4) is 0 Å². The summed E-state index contributed by atoms with van der Waals surface area (Å²) < 4.78 is 5.60. The van der Waals surface area contributed by atoms with Gasteiger partial charge in [0.15, 0.2) is 0 Å². The number of rotatable bonds is 16. The molecule has 0 spiro atoms. The summed E-state index contributed by atoms with van der Waals surface area (Å²) in [6.45, 7) is 8.99. The molecule has 55 heavy (non-hydrogen) atoms. The highest BCUT2D eigenvalue weighted by Gasteiger charge is 2.24. The Kier molecular flexibility index (Phi) is 12.3. The lowest BCUT2D eigenvalue weighted by molar-refractivity contribution is -0.134. The van der Waals surface area contributed by atoms with Crippen LogP contribution in [0.4, 0.5) is 10.5 Å². The van der Waals surface area contributed by atoms with Gasteiger partial charge in [-0.15, -0.1) is 11.3 Å². The summed E-state index contributed by atoms with van der Waals surface area (Å²) in [4.78, 5) is 78.3. The molecule has 0 atom stereocenters. The van der Waals surface area contributed by atoms with Crippen LogP contribution in [-0.2, 0) is 38.6 Å². The molecule has 5 aromatic rings. The lowest BCUT2D eigenvalue weighted by Gasteiger charge is -2.21. The molecule has 1 aliphatic rings. The van der Waals surface area contributed by atoms with Gasteiger partial charge >= 0.3 is 6.09 Å². The van der Waals surface area contributed by atoms with E-state index in [9.17, 15) is 19.2 Å². The van der Waals surface area contributed by atoms with Crippen LogP contribution >= 0.6 is 11.3 Å². The molecule has 1 aliphatic heterocycles. The normalized spacial score (nSPS) is 11.9. The molecule has 16 heteroatoms. The molecule has 0 saturated heterocycles. The molecule has 0 bridgehead atoms. The van der Waals surface area contributed by atoms with Crippen LogP contribution in [0.25, 0.3) is 43.9 Å². The summed E-state index contributed by atoms with van der Waals surface area (Å²) in [6, 6.07) is 8.28. The number of aromatic nitrogens is 5. The molecular formula is C39H46N10O5S. The number of ether oxygens (including phenoxy) is 1. The fourth-order valence-electron chi connectivity index (χ4n) is 6.52. The van der Waals surface area contributed by atoms with Crippen LogP contribution in [0.15, 0.2) is 47.2 Å². The minimum Gasteiger partial charge on any atom is -0.453 e. The van der Waals surface area contributed by atoms with Crippen molar-refractivity contribution in [2.45, 2.75) is 60.0 Å². The van der Waals surface area contributed by atoms with Gasteiger partial charge in [-0.2, -0.15) is 0 Å². The highest BCUT2D eigenvalue weighted by Crippen LogP contribution is 2.45. The molecule has 0 aliphatic carbocycles. The van der Waals surface area contributed by atoms with E-state index in [0.717, 1.165) is 68.0 Å². The van der Waals surface area contributed by atoms with Crippen molar-refractivity contribution >= 4 is 57.3 Å². The van der Waals surface area contributed by atoms with Crippen molar-refractivity contribution in [3.8, 4) is 33.6 Å². The summed E-state index contributed by atoms with van der Waals surface area (Å²) in [5.41, 5.74) is 10.2. The molecule has 2 aromatic carbocycles. The van der Waals surface area contributed by atoms with Crippen LogP contribution < -0.4 is 10.6 Å². The molecule has 0 unspecified atom stereocenters. The maximum absolute atomic E-state index is 13.0. The average Bonchev–Trinajstić information content (AvgIpc) is 4.02. The van der Waals surface area contributed by atoms with Crippen molar-refractivity contribution in [2.24, 2.45) is 10.9 Å². The summed E-state index contributed by atoms with van der Waals surface area (Å²) in [7, 11) is 1.26. The van der Waals surface area contributed by atoms with E-state index in [0.29, 0.717) is 37.7 Å². The number of alkyl carbamates (subject to hydrolysis) is 1. The SMILES string of the molecule is CCCN(Cc1ncc(-c2ccc(-c3ccc(-c4cnc(CN(CCC)C(=O)CNC(=O)C(C)C)[nH]4)c4ncsc34)c3c2CC=N3)[nH]1)C(=O)CNC(=O)OC. The summed E-state index contributed by atoms with van der Waals surface area (Å²) in [5.74, 6) is 0.532. The molecular weight excluding hydrogens is 721 g/mol. The van der Waals surface area contributed by atoms with E-state index in [2.05, 4.69) is 53.5 Å². The van der Waals surface area contributed by atoms with Gasteiger partial charge in [-0.1, -0.05) is 45.9 Å². The molecule has 4 N–H and O–H groups in total. The summed E-state index contributed by atoms with van der Waals surface area (Å²) in [5, 5.41) is 5.17. The van der Waals surface area contributed by atoms with Gasteiger partial charge in [-0.25, -0.2) is 19.7 Å². The number of thiazole rings is 1. The van der Waals surface area contributed by atoms with Gasteiger partial charge in [0.1, 0.15) is 18.2 Å². The van der Waals surface area contributed by atoms with Gasteiger partial charge in [0.05, 0.1) is 71.9 Å². The third-order valence-corrected chi connectivity index (χ3v) is 10.2. The Morgan fingerprint density at radius 1 is 0.818 bits per heavy atom. The Labute approximate surface area is 323 Å². The third-order valence-electron chi connectivity index (χ3n) is 9.29. The number of H-pyrrole nitrogens is 2. The van der Waals surface area contributed by atoms with Crippen molar-refractivity contribution in [2.75, 3.05) is 33.3 Å². The van der Waals surface area contributed by atoms with Gasteiger partial charge in [0.25, 0.3) is 0 Å². The number of nitrogens with one attached hydrogen (secondary N) is 4. The highest BCUT2D eigenvalue weighted by molar-refractivity contribution is 7.17. The number of carbonyl (C=O) groups is 4. The van der Waals surface area contributed by atoms with Gasteiger partial charge in [-0.05, 0) is 24.5 Å². The number of benzene rings is 2. The zero-order chi connectivity index (χ0) is 39.1. The predicted octanol–water partition coefficient (Wildman–Crippen LogP) is 5.61. The smallest absolute Gasteiger partial charge is 0.407 e. The zero-order valence-corrected chi connectivity index (χ0v) is 32.5. The van der Waals surface area contributed by atoms with Crippen molar-refractivity contribution in [3.05, 3.63) is 59.4 Å². The van der Waals surface area contributed by atoms with Crippen LogP contribution in [0.1, 0.15) is 57.7 Å². The van der Waals surface area contributed by atoms with E-state index in [4.69, 9.17) is 9.98 Å². The van der Waals surface area contributed by atoms with E-state index < -0.39 is 6.09 Å². The monoisotopic (exact) mass is 766 g/mol. The average molecular weight is 767 g/mol. The van der Waals surface area contributed by atoms with E-state index in [1.54, 1.807) is 47.4 Å². The molecule has 288 valence electrons. The van der Waals surface area contributed by atoms with Crippen LogP contribution in [-0.4, -0.2) is 98.0 Å². The summed E-state index contributed by atoms with van der Waals surface area (Å²) >= 11 is 1.56. The first-order chi connectivity index (χ1) is 26.6. The topological polar surface area (TPSA) is 191 Å². The van der Waals surface area contributed by atoms with Crippen molar-refractivity contribution in [1.29, 1.82) is 0 Å². The fraction of sp³-hybridized carbons (Fsp3) is 0.385. The Bertz CT molecular complexity index is 2220. The maximum Gasteiger partial charge on any atom is 0.407 e. The van der Waals surface area contributed by atoms with Crippen molar-refractivity contribution < 1.29 is 23.9 Å². The molecule has 0 saturated carbocycles. The first kappa shape index (κ1) is 38.8. The maximum atomic E-state index is 13.0. The molecule has 15 nitrogen and oxygen atoms in total. The van der Waals surface area contributed by atoms with Crippen LogP contribution in [0.2, 0.25) is 0 Å². The first-order valence-corrected chi connectivity index (χ1v) is 19.3. The largest absolute Gasteiger partial charge is 0.453 e. The number of aliphatic imine (C=N–C) groups is 1. The first-order valence-electron chi connectivity index (χ1n) is 18.4. The predicted molar refractivity (Wildman–Crippen MR) is 212 cm³/mol. The number of methoxy groups -OCH3 is 1. The minimum absolute atomic E-state index is 0.0535. The number of hydrogen-bond donors (Lipinski definition) is 4. The lowest BCUT2D eigenvalue weighted by Crippen LogP contribution is -2.41. The van der Waals surface area contributed by atoms with E-state index in [-0.39, 0.29) is 43.3 Å². The Hall–Kier alpha value is -5.90. The third kappa shape index (κ3) is 8.75. The Balaban J connectivity index is 1.21. The number of nitrogens with zero attached hydrogens (tertiary/aromatic N) is 6.